The van der Waals surface area contributed by atoms with E-state index in [0.717, 1.165) is 27.7 Å². The predicted molar refractivity (Wildman–Crippen MR) is 144 cm³/mol. The molecule has 0 aliphatic rings. The van der Waals surface area contributed by atoms with Crippen LogP contribution in [0.5, 0.6) is 11.5 Å². The lowest BCUT2D eigenvalue weighted by atomic mass is 10.0. The van der Waals surface area contributed by atoms with E-state index in [2.05, 4.69) is 31.6 Å². The van der Waals surface area contributed by atoms with Crippen molar-refractivity contribution < 1.29 is 4.74 Å². The van der Waals surface area contributed by atoms with E-state index in [9.17, 15) is 5.26 Å². The Hall–Kier alpha value is -5.06. The number of pyridine rings is 2. The van der Waals surface area contributed by atoms with Crippen LogP contribution in [0, 0.1) is 11.3 Å². The smallest absolute Gasteiger partial charge is 0.174 e. The van der Waals surface area contributed by atoms with Gasteiger partial charge in [0.25, 0.3) is 0 Å². The van der Waals surface area contributed by atoms with Gasteiger partial charge in [0.05, 0.1) is 5.52 Å². The Morgan fingerprint density at radius 3 is 2.38 bits per heavy atom. The molecule has 37 heavy (non-hydrogen) atoms. The van der Waals surface area contributed by atoms with E-state index < -0.39 is 0 Å². The minimum atomic E-state index is 0.316. The largest absolute Gasteiger partial charge is 0.454 e. The number of nitriles is 1. The van der Waals surface area contributed by atoms with Crippen LogP contribution in [0.3, 0.4) is 0 Å². The zero-order valence-corrected chi connectivity index (χ0v) is 20.0. The van der Waals surface area contributed by atoms with E-state index in [1.165, 1.54) is 6.20 Å². The van der Waals surface area contributed by atoms with Gasteiger partial charge < -0.3 is 10.1 Å². The Morgan fingerprint density at radius 1 is 0.811 bits per heavy atom. The van der Waals surface area contributed by atoms with Gasteiger partial charge in [-0.2, -0.15) is 5.26 Å². The number of rotatable bonds is 5. The third kappa shape index (κ3) is 4.38. The fourth-order valence-corrected chi connectivity index (χ4v) is 4.18. The van der Waals surface area contributed by atoms with Gasteiger partial charge in [-0.3, -0.25) is 9.97 Å². The van der Waals surface area contributed by atoms with Crippen LogP contribution in [0.1, 0.15) is 5.56 Å². The predicted octanol–water partition coefficient (Wildman–Crippen LogP) is 7.30. The van der Waals surface area contributed by atoms with Crippen molar-refractivity contribution in [2.24, 2.45) is 0 Å². The van der Waals surface area contributed by atoms with Gasteiger partial charge in [0.2, 0.25) is 0 Å². The fourth-order valence-electron chi connectivity index (χ4n) is 4.06. The van der Waals surface area contributed by atoms with Gasteiger partial charge in [0, 0.05) is 39.4 Å². The zero-order valence-electron chi connectivity index (χ0n) is 19.3. The Morgan fingerprint density at radius 2 is 1.59 bits per heavy atom. The lowest BCUT2D eigenvalue weighted by Gasteiger charge is -2.12. The first-order chi connectivity index (χ1) is 18.2. The quantitative estimate of drug-likeness (QED) is 0.265. The molecule has 0 radical (unpaired) electrons. The normalized spacial score (nSPS) is 10.8. The summed E-state index contributed by atoms with van der Waals surface area (Å²) in [6, 6.07) is 28.7. The maximum atomic E-state index is 9.53. The van der Waals surface area contributed by atoms with Crippen molar-refractivity contribution in [3.8, 4) is 28.8 Å². The average Bonchev–Trinajstić information content (AvgIpc) is 2.95. The van der Waals surface area contributed by atoms with Gasteiger partial charge in [-0.15, -0.1) is 10.2 Å². The highest BCUT2D eigenvalue weighted by atomic mass is 35.5. The minimum Gasteiger partial charge on any atom is -0.454 e. The number of hydrogen-bond acceptors (Lipinski definition) is 7. The van der Waals surface area contributed by atoms with Crippen LogP contribution in [0.25, 0.3) is 33.1 Å². The van der Waals surface area contributed by atoms with Crippen LogP contribution in [0.4, 0.5) is 11.5 Å². The summed E-state index contributed by atoms with van der Waals surface area (Å²) >= 11 is 6.05. The molecule has 0 fully saturated rings. The second-order valence-electron chi connectivity index (χ2n) is 8.19. The van der Waals surface area contributed by atoms with Crippen LogP contribution in [0.15, 0.2) is 97.3 Å². The van der Waals surface area contributed by atoms with Crippen molar-refractivity contribution in [1.29, 1.82) is 5.26 Å². The van der Waals surface area contributed by atoms with Crippen molar-refractivity contribution in [1.82, 2.24) is 20.2 Å². The van der Waals surface area contributed by atoms with E-state index in [0.29, 0.717) is 38.9 Å². The summed E-state index contributed by atoms with van der Waals surface area (Å²) in [6.45, 7) is 0. The molecule has 0 aliphatic carbocycles. The van der Waals surface area contributed by atoms with Gasteiger partial charge in [-0.25, -0.2) is 0 Å². The number of anilines is 2. The maximum Gasteiger partial charge on any atom is 0.174 e. The molecule has 0 amide bonds. The molecular weight excluding hydrogens is 484 g/mol. The summed E-state index contributed by atoms with van der Waals surface area (Å²) < 4.78 is 6.07. The second-order valence-corrected chi connectivity index (χ2v) is 8.62. The van der Waals surface area contributed by atoms with Crippen molar-refractivity contribution in [3.05, 3.63) is 108 Å². The zero-order chi connectivity index (χ0) is 25.2. The average molecular weight is 501 g/mol. The molecule has 3 heterocycles. The summed E-state index contributed by atoms with van der Waals surface area (Å²) in [5, 5.41) is 24.4. The monoisotopic (exact) mass is 500 g/mol. The molecule has 176 valence electrons. The molecule has 1 N–H and O–H groups in total. The first-order valence-electron chi connectivity index (χ1n) is 11.4. The summed E-state index contributed by atoms with van der Waals surface area (Å²) in [5.41, 5.74) is 4.04. The molecule has 0 saturated carbocycles. The first-order valence-corrected chi connectivity index (χ1v) is 11.8. The summed E-state index contributed by atoms with van der Waals surface area (Å²) in [5.74, 6) is 1.58. The molecule has 3 aromatic heterocycles. The number of nitrogens with zero attached hydrogens (tertiary/aromatic N) is 5. The van der Waals surface area contributed by atoms with Gasteiger partial charge in [0.15, 0.2) is 11.6 Å². The summed E-state index contributed by atoms with van der Waals surface area (Å²) in [6.07, 6.45) is 3.14. The van der Waals surface area contributed by atoms with E-state index in [-0.39, 0.29) is 0 Å². The highest BCUT2D eigenvalue weighted by Crippen LogP contribution is 2.34. The fraction of sp³-hybridized carbons (Fsp3) is 0. The van der Waals surface area contributed by atoms with Crippen molar-refractivity contribution in [3.63, 3.8) is 0 Å². The number of halogens is 1. The molecule has 0 spiro atoms. The number of benzene rings is 3. The van der Waals surface area contributed by atoms with Gasteiger partial charge in [0.1, 0.15) is 28.6 Å². The molecule has 0 saturated heterocycles. The van der Waals surface area contributed by atoms with Crippen LogP contribution in [0.2, 0.25) is 5.02 Å². The third-order valence-corrected chi connectivity index (χ3v) is 6.09. The summed E-state index contributed by atoms with van der Waals surface area (Å²) in [7, 11) is 0. The molecule has 3 aromatic carbocycles. The number of aromatic nitrogens is 4. The van der Waals surface area contributed by atoms with E-state index >= 15 is 0 Å². The first kappa shape index (κ1) is 22.4. The topological polar surface area (TPSA) is 96.6 Å². The van der Waals surface area contributed by atoms with E-state index in [1.54, 1.807) is 12.3 Å². The van der Waals surface area contributed by atoms with Crippen molar-refractivity contribution in [2.75, 3.05) is 5.32 Å². The van der Waals surface area contributed by atoms with Crippen molar-refractivity contribution in [2.45, 2.75) is 0 Å². The molecule has 6 aromatic rings. The minimum absolute atomic E-state index is 0.316. The van der Waals surface area contributed by atoms with Crippen LogP contribution < -0.4 is 10.1 Å². The molecule has 8 heteroatoms. The molecular formula is C29H17ClN6O. The Balaban J connectivity index is 1.30. The van der Waals surface area contributed by atoms with Crippen LogP contribution >= 0.6 is 11.6 Å². The lowest BCUT2D eigenvalue weighted by Crippen LogP contribution is -1.99. The number of ether oxygens (including phenoxy) is 1. The SMILES string of the molecule is N#Cc1cnc2cccnc2c1Oc1ccc(Nc2nnc(-c3ccc(Cl)cc3)c3ccccc23)cc1. The standard InChI is InChI=1S/C29H17ClN6O/c30-20-9-7-18(8-10-20)26-23-4-1-2-5-24(23)29(36-35-26)34-21-11-13-22(14-12-21)37-28-19(16-31)17-33-25-6-3-15-32-27(25)28/h1-15,17H,(H,34,36). The molecule has 0 bridgehead atoms. The highest BCUT2D eigenvalue weighted by molar-refractivity contribution is 6.30. The summed E-state index contributed by atoms with van der Waals surface area (Å²) in [4.78, 5) is 8.62. The number of hydrogen-bond donors (Lipinski definition) is 1. The van der Waals surface area contributed by atoms with E-state index in [1.807, 2.05) is 78.9 Å². The molecule has 0 unspecified atom stereocenters. The van der Waals surface area contributed by atoms with Gasteiger partial charge >= 0.3 is 0 Å². The highest BCUT2D eigenvalue weighted by Gasteiger charge is 2.14. The number of nitrogens with one attached hydrogen (secondary N) is 1. The molecule has 6 rings (SSSR count). The molecule has 7 nitrogen and oxygen atoms in total. The number of fused-ring (bicyclic) bond motifs is 2. The van der Waals surface area contributed by atoms with Crippen LogP contribution in [-0.2, 0) is 0 Å². The molecule has 0 aliphatic heterocycles. The molecule has 0 atom stereocenters. The Kier molecular flexibility index (Phi) is 5.77. The van der Waals surface area contributed by atoms with Crippen LogP contribution in [-0.4, -0.2) is 20.2 Å². The second kappa shape index (κ2) is 9.53. The maximum absolute atomic E-state index is 9.53. The third-order valence-electron chi connectivity index (χ3n) is 5.84. The lowest BCUT2D eigenvalue weighted by molar-refractivity contribution is 0.485. The Labute approximate surface area is 217 Å². The van der Waals surface area contributed by atoms with Gasteiger partial charge in [-0.05, 0) is 48.5 Å². The Bertz CT molecular complexity index is 1800. The van der Waals surface area contributed by atoms with Gasteiger partial charge in [-0.1, -0.05) is 48.0 Å². The van der Waals surface area contributed by atoms with Crippen molar-refractivity contribution >= 4 is 44.9 Å². The van der Waals surface area contributed by atoms with E-state index in [4.69, 9.17) is 16.3 Å².